The van der Waals surface area contributed by atoms with Crippen LogP contribution >= 0.6 is 0 Å². The van der Waals surface area contributed by atoms with E-state index in [0.717, 1.165) is 0 Å². The maximum Gasteiger partial charge on any atom is 0.0454 e. The zero-order chi connectivity index (χ0) is 12.9. The van der Waals surface area contributed by atoms with E-state index >= 15 is 0 Å². The summed E-state index contributed by atoms with van der Waals surface area (Å²) in [5.41, 5.74) is 4.26. The average molecular weight is 237 g/mol. The fourth-order valence-electron chi connectivity index (χ4n) is 3.43. The van der Waals surface area contributed by atoms with E-state index < -0.39 is 0 Å². The van der Waals surface area contributed by atoms with Gasteiger partial charge in [0.25, 0.3) is 0 Å². The number of rotatable bonds is 0. The molecule has 0 aliphatic carbocycles. The molecule has 1 heterocycles. The minimum Gasteiger partial charge on any atom is -0.347 e. The quantitative estimate of drug-likeness (QED) is 0.653. The molecular formula is C17H19N. The molecule has 0 saturated heterocycles. The summed E-state index contributed by atoms with van der Waals surface area (Å²) in [6.07, 6.45) is 2.23. The molecule has 1 aliphatic rings. The molecule has 1 heteroatoms. The van der Waals surface area contributed by atoms with Gasteiger partial charge in [-0.3, -0.25) is 0 Å². The normalized spacial score (nSPS) is 19.6. The molecule has 0 N–H and O–H groups in total. The molecular weight excluding hydrogens is 218 g/mol. The van der Waals surface area contributed by atoms with Crippen molar-refractivity contribution in [2.24, 2.45) is 0 Å². The van der Waals surface area contributed by atoms with Crippen molar-refractivity contribution in [2.45, 2.75) is 26.2 Å². The summed E-state index contributed by atoms with van der Waals surface area (Å²) in [5.74, 6) is 0. The number of likely N-dealkylation sites (N-methyl/N-ethyl adjacent to an activating group) is 1. The van der Waals surface area contributed by atoms with Crippen molar-refractivity contribution in [3.8, 4) is 0 Å². The van der Waals surface area contributed by atoms with Crippen LogP contribution in [-0.4, -0.2) is 7.05 Å². The van der Waals surface area contributed by atoms with Gasteiger partial charge in [-0.15, -0.1) is 0 Å². The average Bonchev–Trinajstić information content (AvgIpc) is 2.56. The Labute approximate surface area is 109 Å². The minimum absolute atomic E-state index is 0.0830. The van der Waals surface area contributed by atoms with Gasteiger partial charge in [-0.2, -0.15) is 0 Å². The summed E-state index contributed by atoms with van der Waals surface area (Å²) in [4.78, 5) is 2.32. The number of hydrogen-bond acceptors (Lipinski definition) is 1. The second-order valence-corrected chi connectivity index (χ2v) is 5.54. The van der Waals surface area contributed by atoms with Gasteiger partial charge in [0.05, 0.1) is 0 Å². The van der Waals surface area contributed by atoms with Crippen LogP contribution in [0.2, 0.25) is 0 Å². The fraction of sp³-hybridized carbons (Fsp3) is 0.294. The molecule has 92 valence electrons. The molecule has 1 nitrogen and oxygen atoms in total. The third-order valence-electron chi connectivity index (χ3n) is 4.17. The van der Waals surface area contributed by atoms with E-state index in [2.05, 4.69) is 75.2 Å². The van der Waals surface area contributed by atoms with Gasteiger partial charge in [0, 0.05) is 23.8 Å². The fourth-order valence-corrected chi connectivity index (χ4v) is 3.43. The summed E-state index contributed by atoms with van der Waals surface area (Å²) in [7, 11) is 2.16. The Morgan fingerprint density at radius 1 is 1.06 bits per heavy atom. The lowest BCUT2D eigenvalue weighted by atomic mass is 9.81. The highest BCUT2D eigenvalue weighted by Gasteiger charge is 2.39. The van der Waals surface area contributed by atoms with Gasteiger partial charge in [0.1, 0.15) is 0 Å². The second-order valence-electron chi connectivity index (χ2n) is 5.54. The van der Waals surface area contributed by atoms with Gasteiger partial charge in [-0.1, -0.05) is 50.3 Å². The van der Waals surface area contributed by atoms with Crippen LogP contribution in [0.15, 0.2) is 48.2 Å². The lowest BCUT2D eigenvalue weighted by Crippen LogP contribution is -2.22. The minimum atomic E-state index is 0.0830. The van der Waals surface area contributed by atoms with Crippen LogP contribution in [0.25, 0.3) is 10.8 Å². The first-order valence-electron chi connectivity index (χ1n) is 6.50. The van der Waals surface area contributed by atoms with E-state index in [9.17, 15) is 0 Å². The summed E-state index contributed by atoms with van der Waals surface area (Å²) in [6, 6.07) is 13.1. The Balaban J connectivity index is 2.43. The van der Waals surface area contributed by atoms with Crippen molar-refractivity contribution >= 4 is 16.5 Å². The molecule has 18 heavy (non-hydrogen) atoms. The summed E-state index contributed by atoms with van der Waals surface area (Å²) in [6.45, 7) is 6.76. The van der Waals surface area contributed by atoms with Crippen LogP contribution < -0.4 is 4.90 Å². The molecule has 0 fully saturated rings. The van der Waals surface area contributed by atoms with Crippen LogP contribution in [0.1, 0.15) is 26.3 Å². The number of fused-ring (bicyclic) bond motifs is 3. The molecule has 0 bridgehead atoms. The number of anilines is 1. The van der Waals surface area contributed by atoms with E-state index in [4.69, 9.17) is 0 Å². The van der Waals surface area contributed by atoms with Gasteiger partial charge in [-0.25, -0.2) is 0 Å². The smallest absolute Gasteiger partial charge is 0.0454 e. The first kappa shape index (κ1) is 11.3. The van der Waals surface area contributed by atoms with Crippen LogP contribution in [0.4, 0.5) is 5.69 Å². The predicted octanol–water partition coefficient (Wildman–Crippen LogP) is 4.47. The zero-order valence-corrected chi connectivity index (χ0v) is 11.5. The maximum absolute atomic E-state index is 2.32. The van der Waals surface area contributed by atoms with Gasteiger partial charge in [0.15, 0.2) is 0 Å². The number of benzene rings is 2. The molecule has 0 saturated carbocycles. The summed E-state index contributed by atoms with van der Waals surface area (Å²) in [5, 5.41) is 2.71. The van der Waals surface area contributed by atoms with Crippen LogP contribution in [0.5, 0.6) is 0 Å². The predicted molar refractivity (Wildman–Crippen MR) is 79.1 cm³/mol. The largest absolute Gasteiger partial charge is 0.347 e. The van der Waals surface area contributed by atoms with E-state index in [1.54, 1.807) is 0 Å². The van der Waals surface area contributed by atoms with Gasteiger partial charge in [-0.05, 0) is 29.3 Å². The molecule has 0 amide bonds. The topological polar surface area (TPSA) is 3.24 Å². The molecule has 0 atom stereocenters. The monoisotopic (exact) mass is 237 g/mol. The first-order valence-corrected chi connectivity index (χ1v) is 6.50. The highest BCUT2D eigenvalue weighted by Crippen LogP contribution is 2.49. The molecule has 0 spiro atoms. The van der Waals surface area contributed by atoms with E-state index in [1.165, 1.54) is 27.7 Å². The standard InChI is InChI=1S/C17H19N/c1-5-15-17(2,3)16-13-9-7-6-8-12(13)10-11-14(16)18(15)4/h5-11H,1-4H3/b15-5+. The third kappa shape index (κ3) is 1.28. The van der Waals surface area contributed by atoms with E-state index in [1.807, 2.05) is 0 Å². The lowest BCUT2D eigenvalue weighted by molar-refractivity contribution is 0.643. The van der Waals surface area contributed by atoms with Crippen molar-refractivity contribution in [1.82, 2.24) is 0 Å². The molecule has 1 aliphatic heterocycles. The Hall–Kier alpha value is -1.76. The summed E-state index contributed by atoms with van der Waals surface area (Å²) >= 11 is 0. The molecule has 2 aromatic rings. The highest BCUT2D eigenvalue weighted by molar-refractivity contribution is 5.94. The first-order chi connectivity index (χ1) is 8.57. The van der Waals surface area contributed by atoms with Crippen molar-refractivity contribution in [3.05, 3.63) is 53.7 Å². The molecule has 2 aromatic carbocycles. The van der Waals surface area contributed by atoms with Crippen molar-refractivity contribution in [3.63, 3.8) is 0 Å². The van der Waals surface area contributed by atoms with Crippen LogP contribution in [0.3, 0.4) is 0 Å². The Bertz CT molecular complexity index is 650. The number of nitrogens with zero attached hydrogens (tertiary/aromatic N) is 1. The number of allylic oxidation sites excluding steroid dienone is 2. The molecule has 0 unspecified atom stereocenters. The van der Waals surface area contributed by atoms with E-state index in [0.29, 0.717) is 0 Å². The van der Waals surface area contributed by atoms with Gasteiger partial charge in [0.2, 0.25) is 0 Å². The maximum atomic E-state index is 2.32. The Morgan fingerprint density at radius 2 is 1.78 bits per heavy atom. The highest BCUT2D eigenvalue weighted by atomic mass is 15.2. The molecule has 3 rings (SSSR count). The molecule has 0 aromatic heterocycles. The van der Waals surface area contributed by atoms with Crippen molar-refractivity contribution in [1.29, 1.82) is 0 Å². The van der Waals surface area contributed by atoms with Crippen molar-refractivity contribution in [2.75, 3.05) is 11.9 Å². The Kier molecular flexibility index (Phi) is 2.28. The zero-order valence-electron chi connectivity index (χ0n) is 11.5. The third-order valence-corrected chi connectivity index (χ3v) is 4.17. The number of hydrogen-bond donors (Lipinski definition) is 0. The van der Waals surface area contributed by atoms with Crippen LogP contribution in [0, 0.1) is 0 Å². The SMILES string of the molecule is C/C=C1/N(C)c2ccc3ccccc3c2C1(C)C. The summed E-state index contributed by atoms with van der Waals surface area (Å²) < 4.78 is 0. The second kappa shape index (κ2) is 3.61. The van der Waals surface area contributed by atoms with Crippen molar-refractivity contribution < 1.29 is 0 Å². The Morgan fingerprint density at radius 3 is 2.50 bits per heavy atom. The van der Waals surface area contributed by atoms with Gasteiger partial charge < -0.3 is 4.90 Å². The van der Waals surface area contributed by atoms with Crippen LogP contribution in [-0.2, 0) is 5.41 Å². The lowest BCUT2D eigenvalue weighted by Gasteiger charge is -2.24. The van der Waals surface area contributed by atoms with Gasteiger partial charge >= 0.3 is 0 Å². The molecule has 0 radical (unpaired) electrons. The van der Waals surface area contributed by atoms with E-state index in [-0.39, 0.29) is 5.41 Å².